The fourth-order valence-electron chi connectivity index (χ4n) is 2.30. The van der Waals surface area contributed by atoms with Gasteiger partial charge in [-0.1, -0.05) is 59.3 Å². The summed E-state index contributed by atoms with van der Waals surface area (Å²) in [6.45, 7) is 17.1. The van der Waals surface area contributed by atoms with Crippen molar-refractivity contribution in [2.45, 2.75) is 61.4 Å². The summed E-state index contributed by atoms with van der Waals surface area (Å²) in [5.41, 5.74) is 8.85. The van der Waals surface area contributed by atoms with Gasteiger partial charge in [0.15, 0.2) is 0 Å². The van der Waals surface area contributed by atoms with Gasteiger partial charge in [-0.3, -0.25) is 10.2 Å². The molecule has 4 heteroatoms. The molecule has 0 saturated carbocycles. The van der Waals surface area contributed by atoms with E-state index in [1.807, 2.05) is 19.1 Å². The van der Waals surface area contributed by atoms with Crippen LogP contribution in [0.25, 0.3) is 0 Å². The van der Waals surface area contributed by atoms with Crippen molar-refractivity contribution in [1.29, 1.82) is 0 Å². The number of hydrogen-bond donors (Lipinski definition) is 2. The largest absolute Gasteiger partial charge is 0.496 e. The van der Waals surface area contributed by atoms with Gasteiger partial charge in [-0.05, 0) is 36.8 Å². The summed E-state index contributed by atoms with van der Waals surface area (Å²) in [7, 11) is 1.61. The molecule has 0 bridgehead atoms. The lowest BCUT2D eigenvalue weighted by molar-refractivity contribution is 0.0915. The summed E-state index contributed by atoms with van der Waals surface area (Å²) in [4.78, 5) is 12.6. The molecule has 2 N–H and O–H groups in total. The van der Waals surface area contributed by atoms with E-state index in [9.17, 15) is 4.79 Å². The zero-order valence-corrected chi connectivity index (χ0v) is 17.2. The van der Waals surface area contributed by atoms with E-state index in [4.69, 9.17) is 4.74 Å². The van der Waals surface area contributed by atoms with Crippen molar-refractivity contribution in [3.63, 3.8) is 0 Å². The monoisotopic (exact) mass is 346 g/mol. The number of hydrazine groups is 1. The molecule has 25 heavy (non-hydrogen) atoms. The van der Waals surface area contributed by atoms with E-state index in [1.54, 1.807) is 13.2 Å². The highest BCUT2D eigenvalue weighted by Crippen LogP contribution is 2.28. The average Bonchev–Trinajstić information content (AvgIpc) is 2.48. The standard InChI is InChI=1S/C21H34N2O2/c1-14(20(3,4)5)13-18(21(6,7)8)22-23-19(24)16-11-10-12-17(25-9)15(16)2/h10-13,18,22H,1-9H3,(H,23,24). The molecule has 0 spiro atoms. The van der Waals surface area contributed by atoms with Crippen molar-refractivity contribution < 1.29 is 9.53 Å². The minimum Gasteiger partial charge on any atom is -0.496 e. The van der Waals surface area contributed by atoms with Gasteiger partial charge in [0.25, 0.3) is 5.91 Å². The highest BCUT2D eigenvalue weighted by Gasteiger charge is 2.25. The van der Waals surface area contributed by atoms with Crippen LogP contribution >= 0.6 is 0 Å². The Morgan fingerprint density at radius 1 is 1.16 bits per heavy atom. The summed E-state index contributed by atoms with van der Waals surface area (Å²) < 4.78 is 5.30. The number of allylic oxidation sites excluding steroid dienone is 1. The third-order valence-corrected chi connectivity index (χ3v) is 4.62. The second-order valence-electron chi connectivity index (χ2n) is 8.67. The zero-order chi connectivity index (χ0) is 19.4. The highest BCUT2D eigenvalue weighted by atomic mass is 16.5. The fraction of sp³-hybridized carbons (Fsp3) is 0.571. The molecule has 4 nitrogen and oxygen atoms in total. The molecule has 0 fully saturated rings. The number of ether oxygens (including phenoxy) is 1. The molecule has 1 amide bonds. The first-order valence-electron chi connectivity index (χ1n) is 8.76. The molecule has 140 valence electrons. The first-order chi connectivity index (χ1) is 11.4. The molecule has 1 rings (SSSR count). The normalized spacial score (nSPS) is 14.2. The maximum Gasteiger partial charge on any atom is 0.265 e. The lowest BCUT2D eigenvalue weighted by Gasteiger charge is -2.32. The van der Waals surface area contributed by atoms with Crippen LogP contribution in [-0.4, -0.2) is 19.1 Å². The first kappa shape index (κ1) is 21.2. The molecule has 0 aliphatic carbocycles. The Morgan fingerprint density at radius 3 is 2.24 bits per heavy atom. The molecule has 0 saturated heterocycles. The Labute approximate surface area is 153 Å². The van der Waals surface area contributed by atoms with Gasteiger partial charge in [-0.25, -0.2) is 5.43 Å². The number of methoxy groups -OCH3 is 1. The molecule has 0 radical (unpaired) electrons. The van der Waals surface area contributed by atoms with Crippen LogP contribution in [-0.2, 0) is 0 Å². The Kier molecular flexibility index (Phi) is 6.83. The zero-order valence-electron chi connectivity index (χ0n) is 17.2. The number of hydrogen-bond acceptors (Lipinski definition) is 3. The van der Waals surface area contributed by atoms with Gasteiger partial charge in [-0.15, -0.1) is 0 Å². The van der Waals surface area contributed by atoms with Crippen LogP contribution in [0.15, 0.2) is 29.8 Å². The molecule has 0 aliphatic heterocycles. The molecule has 1 unspecified atom stereocenters. The van der Waals surface area contributed by atoms with Crippen LogP contribution in [0.5, 0.6) is 5.75 Å². The van der Waals surface area contributed by atoms with E-state index >= 15 is 0 Å². The summed E-state index contributed by atoms with van der Waals surface area (Å²) in [5.74, 6) is 0.552. The lowest BCUT2D eigenvalue weighted by Crippen LogP contribution is -2.49. The highest BCUT2D eigenvalue weighted by molar-refractivity contribution is 5.95. The minimum absolute atomic E-state index is 0.0154. The topological polar surface area (TPSA) is 50.4 Å². The number of carbonyl (C=O) groups excluding carboxylic acids is 1. The Hall–Kier alpha value is -1.81. The minimum atomic E-state index is -0.160. The summed E-state index contributed by atoms with van der Waals surface area (Å²) in [5, 5.41) is 0. The number of amides is 1. The molecular formula is C21H34N2O2. The second kappa shape index (κ2) is 8.05. The van der Waals surface area contributed by atoms with Gasteiger partial charge in [0, 0.05) is 17.2 Å². The predicted octanol–water partition coefficient (Wildman–Crippen LogP) is 4.65. The smallest absolute Gasteiger partial charge is 0.265 e. The third-order valence-electron chi connectivity index (χ3n) is 4.62. The van der Waals surface area contributed by atoms with E-state index < -0.39 is 0 Å². The van der Waals surface area contributed by atoms with E-state index in [2.05, 4.69) is 65.4 Å². The van der Waals surface area contributed by atoms with Gasteiger partial charge in [0.05, 0.1) is 7.11 Å². The Bertz CT molecular complexity index is 634. The van der Waals surface area contributed by atoms with Gasteiger partial charge >= 0.3 is 0 Å². The van der Waals surface area contributed by atoms with Crippen molar-refractivity contribution in [1.82, 2.24) is 10.9 Å². The molecular weight excluding hydrogens is 312 g/mol. The van der Waals surface area contributed by atoms with E-state index in [0.717, 1.165) is 5.56 Å². The quantitative estimate of drug-likeness (QED) is 0.603. The van der Waals surface area contributed by atoms with Crippen molar-refractivity contribution in [3.8, 4) is 5.75 Å². The van der Waals surface area contributed by atoms with Crippen molar-refractivity contribution in [2.24, 2.45) is 10.8 Å². The van der Waals surface area contributed by atoms with Crippen LogP contribution in [0.3, 0.4) is 0 Å². The van der Waals surface area contributed by atoms with Gasteiger partial charge in [0.2, 0.25) is 0 Å². The van der Waals surface area contributed by atoms with Crippen LogP contribution in [0.4, 0.5) is 0 Å². The maximum absolute atomic E-state index is 12.6. The number of carbonyl (C=O) groups is 1. The fourth-order valence-corrected chi connectivity index (χ4v) is 2.30. The van der Waals surface area contributed by atoms with Crippen LogP contribution in [0.2, 0.25) is 0 Å². The first-order valence-corrected chi connectivity index (χ1v) is 8.76. The number of benzene rings is 1. The maximum atomic E-state index is 12.6. The van der Waals surface area contributed by atoms with Crippen molar-refractivity contribution in [3.05, 3.63) is 41.0 Å². The Morgan fingerprint density at radius 2 is 1.76 bits per heavy atom. The molecule has 0 aromatic heterocycles. The van der Waals surface area contributed by atoms with E-state index in [0.29, 0.717) is 11.3 Å². The number of rotatable bonds is 5. The average molecular weight is 347 g/mol. The molecule has 0 aliphatic rings. The van der Waals surface area contributed by atoms with Gasteiger partial charge in [-0.2, -0.15) is 0 Å². The summed E-state index contributed by atoms with van der Waals surface area (Å²) >= 11 is 0. The van der Waals surface area contributed by atoms with Gasteiger partial charge < -0.3 is 4.74 Å². The van der Waals surface area contributed by atoms with Gasteiger partial charge in [0.1, 0.15) is 5.75 Å². The Balaban J connectivity index is 2.96. The molecule has 1 aromatic carbocycles. The summed E-state index contributed by atoms with van der Waals surface area (Å²) in [6.07, 6.45) is 2.21. The van der Waals surface area contributed by atoms with Crippen molar-refractivity contribution in [2.75, 3.05) is 7.11 Å². The predicted molar refractivity (Wildman–Crippen MR) is 105 cm³/mol. The SMILES string of the molecule is COc1cccc(C(=O)NNC(C=C(C)C(C)(C)C)C(C)(C)C)c1C. The lowest BCUT2D eigenvalue weighted by atomic mass is 9.81. The van der Waals surface area contributed by atoms with Crippen molar-refractivity contribution >= 4 is 5.91 Å². The molecule has 1 aromatic rings. The van der Waals surface area contributed by atoms with E-state index in [1.165, 1.54) is 5.57 Å². The summed E-state index contributed by atoms with van der Waals surface area (Å²) in [6, 6.07) is 5.50. The number of nitrogens with one attached hydrogen (secondary N) is 2. The third kappa shape index (κ3) is 5.89. The second-order valence-corrected chi connectivity index (χ2v) is 8.67. The molecule has 1 atom stereocenters. The van der Waals surface area contributed by atoms with E-state index in [-0.39, 0.29) is 22.8 Å². The van der Waals surface area contributed by atoms with Crippen LogP contribution in [0.1, 0.15) is 64.4 Å². The van der Waals surface area contributed by atoms with Crippen LogP contribution in [0, 0.1) is 17.8 Å². The molecule has 0 heterocycles. The van der Waals surface area contributed by atoms with Crippen LogP contribution < -0.4 is 15.6 Å².